The fraction of sp³-hybridized carbons (Fsp3) is 0.0769. The Balaban J connectivity index is 1.50. The van der Waals surface area contributed by atoms with Crippen LogP contribution in [0.2, 0.25) is 0 Å². The van der Waals surface area contributed by atoms with E-state index in [4.69, 9.17) is 4.42 Å². The van der Waals surface area contributed by atoms with E-state index in [1.165, 1.54) is 12.1 Å². The van der Waals surface area contributed by atoms with Gasteiger partial charge in [0, 0.05) is 30.4 Å². The largest absolute Gasteiger partial charge is 0.454 e. The van der Waals surface area contributed by atoms with E-state index < -0.39 is 0 Å². The number of benzene rings is 2. The predicted molar refractivity (Wildman–Crippen MR) is 121 cm³/mol. The molecule has 0 bridgehead atoms. The van der Waals surface area contributed by atoms with Crippen LogP contribution in [0.4, 0.5) is 4.39 Å². The molecular weight excluding hydrogens is 405 g/mol. The van der Waals surface area contributed by atoms with Crippen LogP contribution in [0.1, 0.15) is 21.7 Å². The molecule has 0 aliphatic carbocycles. The Morgan fingerprint density at radius 3 is 2.50 bits per heavy atom. The number of furan rings is 1. The van der Waals surface area contributed by atoms with Crippen molar-refractivity contribution in [1.82, 2.24) is 14.9 Å². The first kappa shape index (κ1) is 19.8. The average Bonchev–Trinajstić information content (AvgIpc) is 3.39. The van der Waals surface area contributed by atoms with Crippen LogP contribution in [0.15, 0.2) is 95.5 Å². The third-order valence-electron chi connectivity index (χ3n) is 5.29. The zero-order valence-corrected chi connectivity index (χ0v) is 17.2. The quantitative estimate of drug-likeness (QED) is 0.396. The molecule has 3 aromatic heterocycles. The highest BCUT2D eigenvalue weighted by Crippen LogP contribution is 2.31. The van der Waals surface area contributed by atoms with Gasteiger partial charge in [0.15, 0.2) is 5.58 Å². The van der Waals surface area contributed by atoms with Crippen molar-refractivity contribution < 1.29 is 13.6 Å². The fourth-order valence-electron chi connectivity index (χ4n) is 3.69. The van der Waals surface area contributed by atoms with E-state index in [1.54, 1.807) is 24.4 Å². The van der Waals surface area contributed by atoms with E-state index in [-0.39, 0.29) is 11.7 Å². The van der Waals surface area contributed by atoms with Gasteiger partial charge in [0.2, 0.25) is 0 Å². The monoisotopic (exact) mass is 425 g/mol. The standard InChI is InChI=1S/C26H20FN3O2/c27-20-11-9-19(10-12-20)24-14-22-25(32-24)15-23(30(22)17-18-6-2-1-3-7-18)26(31)29-16-21-8-4-5-13-28-21/h1-15H,16-17H2,(H,29,31). The summed E-state index contributed by atoms with van der Waals surface area (Å²) < 4.78 is 21.3. The van der Waals surface area contributed by atoms with Crippen molar-refractivity contribution in [3.63, 3.8) is 0 Å². The number of fused-ring (bicyclic) bond motifs is 1. The summed E-state index contributed by atoms with van der Waals surface area (Å²) in [5, 5.41) is 2.94. The minimum absolute atomic E-state index is 0.207. The lowest BCUT2D eigenvalue weighted by atomic mass is 10.2. The molecule has 3 heterocycles. The lowest BCUT2D eigenvalue weighted by Gasteiger charge is -2.11. The van der Waals surface area contributed by atoms with Gasteiger partial charge in [-0.1, -0.05) is 36.4 Å². The SMILES string of the molecule is O=C(NCc1ccccn1)c1cc2oc(-c3ccc(F)cc3)cc2n1Cc1ccccc1. The summed E-state index contributed by atoms with van der Waals surface area (Å²) in [6.07, 6.45) is 1.70. The molecule has 1 N–H and O–H groups in total. The first-order valence-corrected chi connectivity index (χ1v) is 10.3. The van der Waals surface area contributed by atoms with Gasteiger partial charge in [-0.05, 0) is 42.0 Å². The zero-order chi connectivity index (χ0) is 21.9. The van der Waals surface area contributed by atoms with Crippen LogP contribution in [0.3, 0.4) is 0 Å². The summed E-state index contributed by atoms with van der Waals surface area (Å²) in [7, 11) is 0. The first-order valence-electron chi connectivity index (χ1n) is 10.3. The highest BCUT2D eigenvalue weighted by atomic mass is 19.1. The van der Waals surface area contributed by atoms with Crippen molar-refractivity contribution in [2.75, 3.05) is 0 Å². The van der Waals surface area contributed by atoms with Gasteiger partial charge in [0.1, 0.15) is 17.3 Å². The Morgan fingerprint density at radius 2 is 1.75 bits per heavy atom. The molecule has 5 nitrogen and oxygen atoms in total. The number of pyridine rings is 1. The molecule has 1 amide bonds. The minimum atomic E-state index is -0.301. The number of hydrogen-bond donors (Lipinski definition) is 1. The second kappa shape index (κ2) is 8.51. The van der Waals surface area contributed by atoms with Crippen LogP contribution < -0.4 is 5.32 Å². The minimum Gasteiger partial charge on any atom is -0.454 e. The number of rotatable bonds is 6. The Hall–Kier alpha value is -4.19. The third kappa shape index (κ3) is 4.03. The Bertz CT molecular complexity index is 1360. The molecule has 5 rings (SSSR count). The summed E-state index contributed by atoms with van der Waals surface area (Å²) in [5.74, 6) is 0.115. The number of nitrogens with zero attached hydrogens (tertiary/aromatic N) is 2. The summed E-state index contributed by atoms with van der Waals surface area (Å²) in [6, 6.07) is 25.3. The van der Waals surface area contributed by atoms with Crippen molar-refractivity contribution in [3.8, 4) is 11.3 Å². The van der Waals surface area contributed by atoms with Crippen LogP contribution in [-0.4, -0.2) is 15.5 Å². The molecule has 0 aliphatic rings. The average molecular weight is 425 g/mol. The van der Waals surface area contributed by atoms with E-state index in [1.807, 2.05) is 59.2 Å². The number of aromatic nitrogens is 2. The van der Waals surface area contributed by atoms with Crippen molar-refractivity contribution >= 4 is 17.0 Å². The Morgan fingerprint density at radius 1 is 0.969 bits per heavy atom. The van der Waals surface area contributed by atoms with Gasteiger partial charge in [-0.15, -0.1) is 0 Å². The molecule has 32 heavy (non-hydrogen) atoms. The highest BCUT2D eigenvalue weighted by molar-refractivity contribution is 5.98. The van der Waals surface area contributed by atoms with E-state index >= 15 is 0 Å². The van der Waals surface area contributed by atoms with Crippen LogP contribution in [0, 0.1) is 5.82 Å². The summed E-state index contributed by atoms with van der Waals surface area (Å²) in [4.78, 5) is 17.3. The summed E-state index contributed by atoms with van der Waals surface area (Å²) in [6.45, 7) is 0.845. The van der Waals surface area contributed by atoms with Crippen LogP contribution in [0.5, 0.6) is 0 Å². The molecule has 0 saturated carbocycles. The molecule has 0 fully saturated rings. The second-order valence-electron chi connectivity index (χ2n) is 7.47. The number of nitrogens with one attached hydrogen (secondary N) is 1. The fourth-order valence-corrected chi connectivity index (χ4v) is 3.69. The lowest BCUT2D eigenvalue weighted by molar-refractivity contribution is 0.0942. The number of amides is 1. The van der Waals surface area contributed by atoms with E-state index in [0.29, 0.717) is 30.1 Å². The molecule has 6 heteroatoms. The Labute approximate surface area is 184 Å². The van der Waals surface area contributed by atoms with Gasteiger partial charge in [0.05, 0.1) is 17.8 Å². The molecule has 5 aromatic rings. The molecule has 0 saturated heterocycles. The van der Waals surface area contributed by atoms with Gasteiger partial charge in [-0.25, -0.2) is 4.39 Å². The molecule has 0 aliphatic heterocycles. The van der Waals surface area contributed by atoms with Crippen molar-refractivity contribution in [1.29, 1.82) is 0 Å². The lowest BCUT2D eigenvalue weighted by Crippen LogP contribution is -2.26. The second-order valence-corrected chi connectivity index (χ2v) is 7.47. The topological polar surface area (TPSA) is 60.1 Å². The summed E-state index contributed by atoms with van der Waals surface area (Å²) >= 11 is 0. The number of halogens is 1. The molecule has 0 unspecified atom stereocenters. The van der Waals surface area contributed by atoms with Gasteiger partial charge < -0.3 is 14.3 Å². The smallest absolute Gasteiger partial charge is 0.268 e. The van der Waals surface area contributed by atoms with Gasteiger partial charge in [-0.3, -0.25) is 9.78 Å². The predicted octanol–water partition coefficient (Wildman–Crippen LogP) is 5.41. The molecule has 0 atom stereocenters. The maximum absolute atomic E-state index is 13.3. The van der Waals surface area contributed by atoms with E-state index in [0.717, 1.165) is 22.3 Å². The zero-order valence-electron chi connectivity index (χ0n) is 17.2. The van der Waals surface area contributed by atoms with Gasteiger partial charge in [-0.2, -0.15) is 0 Å². The summed E-state index contributed by atoms with van der Waals surface area (Å²) in [5.41, 5.74) is 4.52. The number of carbonyl (C=O) groups excluding carboxylic acids is 1. The molecule has 0 spiro atoms. The maximum Gasteiger partial charge on any atom is 0.268 e. The third-order valence-corrected chi connectivity index (χ3v) is 5.29. The molecular formula is C26H20FN3O2. The highest BCUT2D eigenvalue weighted by Gasteiger charge is 2.20. The number of hydrogen-bond acceptors (Lipinski definition) is 3. The first-order chi connectivity index (χ1) is 15.7. The molecule has 0 radical (unpaired) electrons. The van der Waals surface area contributed by atoms with Crippen molar-refractivity contribution in [2.45, 2.75) is 13.1 Å². The normalized spacial score (nSPS) is 11.0. The number of carbonyl (C=O) groups is 1. The van der Waals surface area contributed by atoms with Crippen molar-refractivity contribution in [3.05, 3.63) is 114 Å². The van der Waals surface area contributed by atoms with E-state index in [9.17, 15) is 9.18 Å². The van der Waals surface area contributed by atoms with E-state index in [2.05, 4.69) is 10.3 Å². The van der Waals surface area contributed by atoms with Gasteiger partial charge in [0.25, 0.3) is 5.91 Å². The maximum atomic E-state index is 13.3. The van der Waals surface area contributed by atoms with Gasteiger partial charge >= 0.3 is 0 Å². The molecule has 2 aromatic carbocycles. The van der Waals surface area contributed by atoms with Crippen LogP contribution >= 0.6 is 0 Å². The van der Waals surface area contributed by atoms with Crippen LogP contribution in [-0.2, 0) is 13.1 Å². The van der Waals surface area contributed by atoms with Crippen LogP contribution in [0.25, 0.3) is 22.4 Å². The molecule has 158 valence electrons. The van der Waals surface area contributed by atoms with Crippen molar-refractivity contribution in [2.24, 2.45) is 0 Å². The Kier molecular flexibility index (Phi) is 5.25.